The van der Waals surface area contributed by atoms with Crippen LogP contribution in [0.1, 0.15) is 58.3 Å². The fourth-order valence-corrected chi connectivity index (χ4v) is 4.35. The van der Waals surface area contributed by atoms with Crippen LogP contribution in [0.15, 0.2) is 16.6 Å². The molecule has 0 atom stereocenters. The van der Waals surface area contributed by atoms with Crippen LogP contribution < -0.4 is 5.32 Å². The van der Waals surface area contributed by atoms with Gasteiger partial charge in [-0.1, -0.05) is 30.9 Å². The van der Waals surface area contributed by atoms with E-state index in [4.69, 9.17) is 9.73 Å². The van der Waals surface area contributed by atoms with E-state index in [2.05, 4.69) is 23.2 Å². The Hall–Kier alpha value is -0.300. The van der Waals surface area contributed by atoms with E-state index in [-0.39, 0.29) is 24.0 Å². The number of nitrogens with one attached hydrogen (secondary N) is 1. The lowest BCUT2D eigenvalue weighted by molar-refractivity contribution is 0.153. The molecule has 3 aliphatic rings. The molecule has 1 aliphatic carbocycles. The third-order valence-corrected chi connectivity index (χ3v) is 5.74. The Morgan fingerprint density at radius 3 is 2.83 bits per heavy atom. The van der Waals surface area contributed by atoms with Crippen LogP contribution >= 0.6 is 24.0 Å². The normalized spacial score (nSPS) is 23.8. The Balaban J connectivity index is 0.00000208. The van der Waals surface area contributed by atoms with E-state index in [0.29, 0.717) is 5.41 Å². The van der Waals surface area contributed by atoms with Gasteiger partial charge in [0, 0.05) is 26.2 Å². The second-order valence-electron chi connectivity index (χ2n) is 7.41. The van der Waals surface area contributed by atoms with E-state index in [1.807, 2.05) is 0 Å². The zero-order valence-corrected chi connectivity index (χ0v) is 17.5. The maximum atomic E-state index is 5.38. The van der Waals surface area contributed by atoms with Gasteiger partial charge in [0.25, 0.3) is 0 Å². The highest BCUT2D eigenvalue weighted by atomic mass is 127. The minimum Gasteiger partial charge on any atom is -0.377 e. The number of nitrogens with zero attached hydrogens (tertiary/aromatic N) is 2. The molecule has 2 heterocycles. The van der Waals surface area contributed by atoms with Crippen molar-refractivity contribution >= 4 is 29.9 Å². The van der Waals surface area contributed by atoms with Crippen LogP contribution in [0.25, 0.3) is 0 Å². The predicted octanol–water partition coefficient (Wildman–Crippen LogP) is 3.96. The molecule has 0 aromatic carbocycles. The highest BCUT2D eigenvalue weighted by Crippen LogP contribution is 2.43. The topological polar surface area (TPSA) is 36.9 Å². The number of likely N-dealkylation sites (tertiary alicyclic amines) is 1. The molecule has 24 heavy (non-hydrogen) atoms. The van der Waals surface area contributed by atoms with E-state index in [0.717, 1.165) is 45.1 Å². The van der Waals surface area contributed by atoms with Gasteiger partial charge in [0.2, 0.25) is 0 Å². The first kappa shape index (κ1) is 20.0. The van der Waals surface area contributed by atoms with E-state index in [9.17, 15) is 0 Å². The number of rotatable bonds is 4. The summed E-state index contributed by atoms with van der Waals surface area (Å²) in [6.45, 7) is 8.09. The van der Waals surface area contributed by atoms with Gasteiger partial charge in [-0.3, -0.25) is 4.99 Å². The van der Waals surface area contributed by atoms with Gasteiger partial charge >= 0.3 is 0 Å². The monoisotopic (exact) mass is 447 g/mol. The molecule has 2 fully saturated rings. The van der Waals surface area contributed by atoms with E-state index >= 15 is 0 Å². The van der Waals surface area contributed by atoms with Crippen molar-refractivity contribution in [2.24, 2.45) is 10.4 Å². The van der Waals surface area contributed by atoms with E-state index in [1.165, 1.54) is 57.2 Å². The Labute approximate surface area is 164 Å². The quantitative estimate of drug-likeness (QED) is 0.307. The van der Waals surface area contributed by atoms with E-state index < -0.39 is 0 Å². The summed E-state index contributed by atoms with van der Waals surface area (Å²) < 4.78 is 5.38. The molecular weight excluding hydrogens is 413 g/mol. The standard InChI is InChI=1S/C19H33N3O.HI/c1-2-20-18(21-12-6-17-7-14-23-15-8-17)22-13-11-19(16-22)9-4-3-5-10-19;/h7H,2-6,8-16H2,1H3,(H,20,21);1H. The first-order valence-electron chi connectivity index (χ1n) is 9.60. The van der Waals surface area contributed by atoms with Crippen LogP contribution in [0.3, 0.4) is 0 Å². The molecule has 1 N–H and O–H groups in total. The SMILES string of the molecule is CCNC(=NCCC1=CCOCC1)N1CCC2(CCCCC2)C1.I. The molecule has 1 spiro atoms. The van der Waals surface area contributed by atoms with Crippen LogP contribution in [-0.2, 0) is 4.74 Å². The van der Waals surface area contributed by atoms with Crippen LogP contribution in [0, 0.1) is 5.41 Å². The lowest BCUT2D eigenvalue weighted by Gasteiger charge is -2.33. The largest absolute Gasteiger partial charge is 0.377 e. The number of hydrogen-bond acceptors (Lipinski definition) is 2. The lowest BCUT2D eigenvalue weighted by Crippen LogP contribution is -2.41. The van der Waals surface area contributed by atoms with Gasteiger partial charge in [0.1, 0.15) is 0 Å². The fraction of sp³-hybridized carbons (Fsp3) is 0.842. The van der Waals surface area contributed by atoms with Crippen LogP contribution in [0.4, 0.5) is 0 Å². The number of halogens is 1. The van der Waals surface area contributed by atoms with Gasteiger partial charge in [-0.2, -0.15) is 0 Å². The molecule has 4 nitrogen and oxygen atoms in total. The Kier molecular flexibility index (Phi) is 8.34. The minimum absolute atomic E-state index is 0. The highest BCUT2D eigenvalue weighted by molar-refractivity contribution is 14.0. The first-order chi connectivity index (χ1) is 11.3. The average molecular weight is 447 g/mol. The summed E-state index contributed by atoms with van der Waals surface area (Å²) in [7, 11) is 0. The fourth-order valence-electron chi connectivity index (χ4n) is 4.35. The molecule has 2 aliphatic heterocycles. The van der Waals surface area contributed by atoms with Crippen molar-refractivity contribution in [3.63, 3.8) is 0 Å². The second kappa shape index (κ2) is 10.00. The van der Waals surface area contributed by atoms with Crippen LogP contribution in [0.2, 0.25) is 0 Å². The third-order valence-electron chi connectivity index (χ3n) is 5.74. The third kappa shape index (κ3) is 5.35. The summed E-state index contributed by atoms with van der Waals surface area (Å²) in [5, 5.41) is 3.52. The molecule has 1 saturated heterocycles. The molecular formula is C19H34IN3O. The lowest BCUT2D eigenvalue weighted by atomic mass is 9.73. The van der Waals surface area contributed by atoms with Crippen molar-refractivity contribution < 1.29 is 4.74 Å². The number of ether oxygens (including phenoxy) is 1. The van der Waals surface area contributed by atoms with E-state index in [1.54, 1.807) is 0 Å². The Morgan fingerprint density at radius 2 is 2.12 bits per heavy atom. The first-order valence-corrected chi connectivity index (χ1v) is 9.60. The maximum absolute atomic E-state index is 5.38. The highest BCUT2D eigenvalue weighted by Gasteiger charge is 2.39. The Bertz CT molecular complexity index is 444. The summed E-state index contributed by atoms with van der Waals surface area (Å²) in [6, 6.07) is 0. The van der Waals surface area contributed by atoms with Crippen molar-refractivity contribution in [1.82, 2.24) is 10.2 Å². The number of aliphatic imine (C=N–C) groups is 1. The zero-order chi connectivity index (χ0) is 16.0. The summed E-state index contributed by atoms with van der Waals surface area (Å²) >= 11 is 0. The molecule has 0 amide bonds. The van der Waals surface area contributed by atoms with Crippen molar-refractivity contribution in [3.8, 4) is 0 Å². The van der Waals surface area contributed by atoms with Crippen LogP contribution in [-0.4, -0.2) is 50.3 Å². The molecule has 138 valence electrons. The molecule has 0 aromatic rings. The molecule has 0 radical (unpaired) electrons. The molecule has 5 heteroatoms. The van der Waals surface area contributed by atoms with Gasteiger partial charge in [-0.05, 0) is 44.4 Å². The summed E-state index contributed by atoms with van der Waals surface area (Å²) in [5.41, 5.74) is 2.11. The van der Waals surface area contributed by atoms with Crippen molar-refractivity contribution in [2.75, 3.05) is 39.4 Å². The molecule has 0 aromatic heterocycles. The maximum Gasteiger partial charge on any atom is 0.193 e. The van der Waals surface area contributed by atoms with Gasteiger partial charge in [0.15, 0.2) is 5.96 Å². The molecule has 0 unspecified atom stereocenters. The van der Waals surface area contributed by atoms with Gasteiger partial charge < -0.3 is 15.0 Å². The summed E-state index contributed by atoms with van der Waals surface area (Å²) in [6.07, 6.45) is 12.9. The van der Waals surface area contributed by atoms with Crippen LogP contribution in [0.5, 0.6) is 0 Å². The average Bonchev–Trinajstić information content (AvgIpc) is 2.99. The second-order valence-corrected chi connectivity index (χ2v) is 7.41. The zero-order valence-electron chi connectivity index (χ0n) is 15.2. The summed E-state index contributed by atoms with van der Waals surface area (Å²) in [5.74, 6) is 1.14. The minimum atomic E-state index is 0. The van der Waals surface area contributed by atoms with Crippen molar-refractivity contribution in [2.45, 2.75) is 58.3 Å². The molecule has 1 saturated carbocycles. The molecule has 0 bridgehead atoms. The van der Waals surface area contributed by atoms with Crippen molar-refractivity contribution in [1.29, 1.82) is 0 Å². The summed E-state index contributed by atoms with van der Waals surface area (Å²) in [4.78, 5) is 7.44. The predicted molar refractivity (Wildman–Crippen MR) is 111 cm³/mol. The van der Waals surface area contributed by atoms with Gasteiger partial charge in [0.05, 0.1) is 13.2 Å². The van der Waals surface area contributed by atoms with Crippen molar-refractivity contribution in [3.05, 3.63) is 11.6 Å². The van der Waals surface area contributed by atoms with Gasteiger partial charge in [-0.25, -0.2) is 0 Å². The molecule has 3 rings (SSSR count). The number of hydrogen-bond donors (Lipinski definition) is 1. The number of guanidine groups is 1. The smallest absolute Gasteiger partial charge is 0.193 e. The Morgan fingerprint density at radius 1 is 1.29 bits per heavy atom. The van der Waals surface area contributed by atoms with Gasteiger partial charge in [-0.15, -0.1) is 24.0 Å².